The van der Waals surface area contributed by atoms with Crippen molar-refractivity contribution >= 4 is 17.5 Å². The van der Waals surface area contributed by atoms with Crippen molar-refractivity contribution in [3.63, 3.8) is 0 Å². The minimum absolute atomic E-state index is 0.141. The molecule has 2 amide bonds. The molecular formula is C22H24N4O3. The summed E-state index contributed by atoms with van der Waals surface area (Å²) in [6.45, 7) is 4.62. The predicted octanol–water partition coefficient (Wildman–Crippen LogP) is 3.47. The number of benzene rings is 2. The van der Waals surface area contributed by atoms with E-state index in [4.69, 9.17) is 10.5 Å². The molecule has 2 aromatic carbocycles. The van der Waals surface area contributed by atoms with Crippen LogP contribution < -0.4 is 15.8 Å². The van der Waals surface area contributed by atoms with Crippen LogP contribution in [0.1, 0.15) is 51.7 Å². The van der Waals surface area contributed by atoms with Gasteiger partial charge in [-0.3, -0.25) is 14.3 Å². The number of nitrogens with zero attached hydrogens (tertiary/aromatic N) is 2. The number of primary amides is 1. The van der Waals surface area contributed by atoms with E-state index in [-0.39, 0.29) is 17.3 Å². The van der Waals surface area contributed by atoms with Gasteiger partial charge in [-0.1, -0.05) is 38.1 Å². The van der Waals surface area contributed by atoms with E-state index in [2.05, 4.69) is 24.3 Å². The van der Waals surface area contributed by atoms with Gasteiger partial charge in [0.1, 0.15) is 18.1 Å². The second-order valence-corrected chi connectivity index (χ2v) is 7.06. The Balaban J connectivity index is 1.67. The highest BCUT2D eigenvalue weighted by molar-refractivity contribution is 6.08. The van der Waals surface area contributed by atoms with Crippen LogP contribution in [0.15, 0.2) is 54.7 Å². The molecule has 1 heterocycles. The fraction of sp³-hybridized carbons (Fsp3) is 0.227. The molecule has 3 rings (SSSR count). The molecule has 3 aromatic rings. The van der Waals surface area contributed by atoms with Crippen molar-refractivity contribution in [1.29, 1.82) is 0 Å². The highest BCUT2D eigenvalue weighted by atomic mass is 16.5. The van der Waals surface area contributed by atoms with Crippen LogP contribution in [0, 0.1) is 0 Å². The van der Waals surface area contributed by atoms with Crippen LogP contribution in [0.25, 0.3) is 0 Å². The SMILES string of the molecule is CC(C)c1ccc(OCc2cccc(C(=O)Nc3cnn(C)c3C(N)=O)c2)cc1. The molecule has 0 atom stereocenters. The quantitative estimate of drug-likeness (QED) is 0.643. The molecule has 0 bridgehead atoms. The molecule has 7 heteroatoms. The van der Waals surface area contributed by atoms with Crippen LogP contribution in [-0.4, -0.2) is 21.6 Å². The molecule has 150 valence electrons. The molecular weight excluding hydrogens is 368 g/mol. The minimum atomic E-state index is -0.661. The number of carbonyl (C=O) groups excluding carboxylic acids is 2. The van der Waals surface area contributed by atoms with Gasteiger partial charge in [0, 0.05) is 12.6 Å². The third kappa shape index (κ3) is 4.82. The van der Waals surface area contributed by atoms with Crippen LogP contribution in [0.4, 0.5) is 5.69 Å². The molecule has 3 N–H and O–H groups in total. The highest BCUT2D eigenvalue weighted by Gasteiger charge is 2.17. The lowest BCUT2D eigenvalue weighted by Gasteiger charge is -2.10. The third-order valence-corrected chi connectivity index (χ3v) is 4.56. The van der Waals surface area contributed by atoms with E-state index in [0.29, 0.717) is 18.1 Å². The normalized spacial score (nSPS) is 10.8. The summed E-state index contributed by atoms with van der Waals surface area (Å²) < 4.78 is 7.15. The summed E-state index contributed by atoms with van der Waals surface area (Å²) >= 11 is 0. The molecule has 7 nitrogen and oxygen atoms in total. The number of anilines is 1. The van der Waals surface area contributed by atoms with Crippen LogP contribution >= 0.6 is 0 Å². The number of amides is 2. The lowest BCUT2D eigenvalue weighted by molar-refractivity contribution is 0.0992. The Morgan fingerprint density at radius 2 is 1.90 bits per heavy atom. The minimum Gasteiger partial charge on any atom is -0.489 e. The van der Waals surface area contributed by atoms with Gasteiger partial charge < -0.3 is 15.8 Å². The van der Waals surface area contributed by atoms with E-state index in [1.165, 1.54) is 16.4 Å². The van der Waals surface area contributed by atoms with E-state index >= 15 is 0 Å². The number of nitrogens with two attached hydrogens (primary N) is 1. The summed E-state index contributed by atoms with van der Waals surface area (Å²) in [6, 6.07) is 15.1. The lowest BCUT2D eigenvalue weighted by Crippen LogP contribution is -2.20. The van der Waals surface area contributed by atoms with Crippen molar-refractivity contribution in [3.05, 3.63) is 77.1 Å². The number of carbonyl (C=O) groups is 2. The van der Waals surface area contributed by atoms with Crippen molar-refractivity contribution in [2.75, 3.05) is 5.32 Å². The van der Waals surface area contributed by atoms with Gasteiger partial charge in [0.15, 0.2) is 0 Å². The van der Waals surface area contributed by atoms with Gasteiger partial charge in [0.2, 0.25) is 0 Å². The zero-order valence-electron chi connectivity index (χ0n) is 16.7. The Morgan fingerprint density at radius 1 is 1.17 bits per heavy atom. The van der Waals surface area contributed by atoms with E-state index in [1.807, 2.05) is 30.3 Å². The van der Waals surface area contributed by atoms with E-state index in [9.17, 15) is 9.59 Å². The molecule has 0 spiro atoms. The fourth-order valence-electron chi connectivity index (χ4n) is 2.93. The summed E-state index contributed by atoms with van der Waals surface area (Å²) in [6.07, 6.45) is 1.39. The summed E-state index contributed by atoms with van der Waals surface area (Å²) in [5.41, 5.74) is 8.32. The average molecular weight is 392 g/mol. The zero-order chi connectivity index (χ0) is 21.0. The Kier molecular flexibility index (Phi) is 5.97. The van der Waals surface area contributed by atoms with E-state index in [1.54, 1.807) is 25.2 Å². The number of aryl methyl sites for hydroxylation is 1. The molecule has 0 radical (unpaired) electrons. The molecule has 0 aliphatic heterocycles. The van der Waals surface area contributed by atoms with Gasteiger partial charge in [-0.15, -0.1) is 0 Å². The first-order valence-corrected chi connectivity index (χ1v) is 9.30. The monoisotopic (exact) mass is 392 g/mol. The van der Waals surface area contributed by atoms with E-state index < -0.39 is 5.91 Å². The summed E-state index contributed by atoms with van der Waals surface area (Å²) in [7, 11) is 1.58. The maximum Gasteiger partial charge on any atom is 0.269 e. The first kappa shape index (κ1) is 20.1. The number of rotatable bonds is 7. The Bertz CT molecular complexity index is 1020. The van der Waals surface area contributed by atoms with Crippen molar-refractivity contribution in [2.24, 2.45) is 12.8 Å². The van der Waals surface area contributed by atoms with Crippen molar-refractivity contribution < 1.29 is 14.3 Å². The van der Waals surface area contributed by atoms with Crippen LogP contribution in [0.5, 0.6) is 5.75 Å². The number of ether oxygens (including phenoxy) is 1. The molecule has 1 aromatic heterocycles. The van der Waals surface area contributed by atoms with Gasteiger partial charge in [0.05, 0.1) is 11.9 Å². The molecule has 0 saturated carbocycles. The Morgan fingerprint density at radius 3 is 2.55 bits per heavy atom. The highest BCUT2D eigenvalue weighted by Crippen LogP contribution is 2.20. The fourth-order valence-corrected chi connectivity index (χ4v) is 2.93. The number of hydrogen-bond donors (Lipinski definition) is 2. The van der Waals surface area contributed by atoms with E-state index in [0.717, 1.165) is 11.3 Å². The second-order valence-electron chi connectivity index (χ2n) is 7.06. The van der Waals surface area contributed by atoms with Crippen LogP contribution in [0.2, 0.25) is 0 Å². The average Bonchev–Trinajstić information content (AvgIpc) is 3.07. The van der Waals surface area contributed by atoms with Crippen molar-refractivity contribution in [3.8, 4) is 5.75 Å². The third-order valence-electron chi connectivity index (χ3n) is 4.56. The first-order chi connectivity index (χ1) is 13.8. The zero-order valence-corrected chi connectivity index (χ0v) is 16.7. The molecule has 0 saturated heterocycles. The number of nitrogens with one attached hydrogen (secondary N) is 1. The second kappa shape index (κ2) is 8.60. The van der Waals surface area contributed by atoms with Crippen LogP contribution in [-0.2, 0) is 13.7 Å². The van der Waals surface area contributed by atoms with Crippen molar-refractivity contribution in [2.45, 2.75) is 26.4 Å². The van der Waals surface area contributed by atoms with Gasteiger partial charge in [-0.2, -0.15) is 5.10 Å². The summed E-state index contributed by atoms with van der Waals surface area (Å²) in [5, 5.41) is 6.65. The maximum atomic E-state index is 12.6. The molecule has 0 aliphatic carbocycles. The lowest BCUT2D eigenvalue weighted by atomic mass is 10.0. The molecule has 0 unspecified atom stereocenters. The van der Waals surface area contributed by atoms with Crippen LogP contribution in [0.3, 0.4) is 0 Å². The Labute approximate surface area is 169 Å². The molecule has 29 heavy (non-hydrogen) atoms. The topological polar surface area (TPSA) is 99.2 Å². The van der Waals surface area contributed by atoms with Gasteiger partial charge >= 0.3 is 0 Å². The molecule has 0 fully saturated rings. The standard InChI is InChI=1S/C22H24N4O3/c1-14(2)16-7-9-18(10-8-16)29-13-15-5-4-6-17(11-15)22(28)25-19-12-24-26(3)20(19)21(23)27/h4-12,14H,13H2,1-3H3,(H2,23,27)(H,25,28). The predicted molar refractivity (Wildman–Crippen MR) is 111 cm³/mol. The summed E-state index contributed by atoms with van der Waals surface area (Å²) in [4.78, 5) is 24.1. The number of hydrogen-bond acceptors (Lipinski definition) is 4. The maximum absolute atomic E-state index is 12.6. The van der Waals surface area contributed by atoms with Gasteiger partial charge in [0.25, 0.3) is 11.8 Å². The number of aromatic nitrogens is 2. The molecule has 0 aliphatic rings. The van der Waals surface area contributed by atoms with Gasteiger partial charge in [-0.05, 0) is 41.3 Å². The largest absolute Gasteiger partial charge is 0.489 e. The summed E-state index contributed by atoms with van der Waals surface area (Å²) in [5.74, 6) is 0.217. The van der Waals surface area contributed by atoms with Gasteiger partial charge in [-0.25, -0.2) is 0 Å². The van der Waals surface area contributed by atoms with Crippen molar-refractivity contribution in [1.82, 2.24) is 9.78 Å². The first-order valence-electron chi connectivity index (χ1n) is 9.30. The Hall–Kier alpha value is -3.61. The smallest absolute Gasteiger partial charge is 0.269 e.